The fourth-order valence-electron chi connectivity index (χ4n) is 4.14. The molecule has 3 aromatic carbocycles. The molecule has 7 heteroatoms. The number of ether oxygens (including phenoxy) is 1. The standard InChI is InChI=1S/C26H21NO6/c1-14(28)23(15-6-9-18(33-2)10-7-15)19-4-3-5-20(25(29)30)24(19)16-8-11-21-17(12-16)13-22(27-21)26(31)32/h3-13,23,27H,1-2H3,(H,29,30)(H,31,32). The van der Waals surface area contributed by atoms with Gasteiger partial charge in [-0.3, -0.25) is 4.79 Å². The lowest BCUT2D eigenvalue weighted by Crippen LogP contribution is -2.14. The Kier molecular flexibility index (Phi) is 5.70. The molecule has 0 aliphatic carbocycles. The van der Waals surface area contributed by atoms with Crippen molar-refractivity contribution < 1.29 is 29.3 Å². The maximum atomic E-state index is 12.8. The van der Waals surface area contributed by atoms with Crippen molar-refractivity contribution in [3.05, 3.63) is 89.1 Å². The van der Waals surface area contributed by atoms with Gasteiger partial charge in [0.2, 0.25) is 0 Å². The van der Waals surface area contributed by atoms with Crippen molar-refractivity contribution in [3.8, 4) is 16.9 Å². The number of nitrogens with one attached hydrogen (secondary N) is 1. The highest BCUT2D eigenvalue weighted by Gasteiger charge is 2.26. The molecule has 7 nitrogen and oxygen atoms in total. The number of benzene rings is 3. The van der Waals surface area contributed by atoms with Gasteiger partial charge in [-0.25, -0.2) is 9.59 Å². The van der Waals surface area contributed by atoms with Gasteiger partial charge in [0.1, 0.15) is 17.2 Å². The molecular formula is C26H21NO6. The van der Waals surface area contributed by atoms with E-state index in [1.165, 1.54) is 19.1 Å². The normalized spacial score (nSPS) is 11.8. The summed E-state index contributed by atoms with van der Waals surface area (Å²) in [5, 5.41) is 19.8. The van der Waals surface area contributed by atoms with Crippen molar-refractivity contribution >= 4 is 28.6 Å². The Morgan fingerprint density at radius 1 is 0.909 bits per heavy atom. The Bertz CT molecular complexity index is 1380. The highest BCUT2D eigenvalue weighted by molar-refractivity contribution is 6.02. The maximum Gasteiger partial charge on any atom is 0.352 e. The number of carboxylic acids is 2. The number of methoxy groups -OCH3 is 1. The van der Waals surface area contributed by atoms with E-state index in [0.29, 0.717) is 38.9 Å². The molecule has 33 heavy (non-hydrogen) atoms. The van der Waals surface area contributed by atoms with Crippen molar-refractivity contribution in [2.75, 3.05) is 7.11 Å². The molecule has 0 amide bonds. The van der Waals surface area contributed by atoms with Crippen molar-refractivity contribution in [2.45, 2.75) is 12.8 Å². The molecule has 1 aromatic heterocycles. The van der Waals surface area contributed by atoms with Crippen LogP contribution in [0.15, 0.2) is 66.7 Å². The molecule has 0 bridgehead atoms. The first-order chi connectivity index (χ1) is 15.8. The van der Waals surface area contributed by atoms with Crippen LogP contribution in [0.1, 0.15) is 44.8 Å². The third kappa shape index (κ3) is 4.08. The molecule has 4 aromatic rings. The van der Waals surface area contributed by atoms with Crippen LogP contribution in [0.3, 0.4) is 0 Å². The number of hydrogen-bond acceptors (Lipinski definition) is 4. The molecule has 0 saturated heterocycles. The Labute approximate surface area is 189 Å². The summed E-state index contributed by atoms with van der Waals surface area (Å²) < 4.78 is 5.21. The predicted octanol–water partition coefficient (Wildman–Crippen LogP) is 4.96. The first kappa shape index (κ1) is 21.8. The summed E-state index contributed by atoms with van der Waals surface area (Å²) in [4.78, 5) is 39.1. The number of fused-ring (bicyclic) bond motifs is 1. The highest BCUT2D eigenvalue weighted by Crippen LogP contribution is 2.38. The molecule has 0 aliphatic rings. The van der Waals surface area contributed by atoms with Crippen LogP contribution in [0.25, 0.3) is 22.0 Å². The summed E-state index contributed by atoms with van der Waals surface area (Å²) in [6, 6.07) is 18.6. The lowest BCUT2D eigenvalue weighted by atomic mass is 9.81. The maximum absolute atomic E-state index is 12.8. The second kappa shape index (κ2) is 8.63. The van der Waals surface area contributed by atoms with Crippen LogP contribution >= 0.6 is 0 Å². The first-order valence-electron chi connectivity index (χ1n) is 10.2. The van der Waals surface area contributed by atoms with Gasteiger partial charge in [-0.1, -0.05) is 30.3 Å². The predicted molar refractivity (Wildman–Crippen MR) is 123 cm³/mol. The van der Waals surface area contributed by atoms with E-state index < -0.39 is 17.9 Å². The van der Waals surface area contributed by atoms with Gasteiger partial charge in [-0.2, -0.15) is 0 Å². The molecule has 0 aliphatic heterocycles. The lowest BCUT2D eigenvalue weighted by Gasteiger charge is -2.21. The number of ketones is 1. The molecule has 166 valence electrons. The molecule has 0 radical (unpaired) electrons. The molecule has 0 fully saturated rings. The van der Waals surface area contributed by atoms with Gasteiger partial charge in [-0.05, 0) is 60.0 Å². The summed E-state index contributed by atoms with van der Waals surface area (Å²) in [6.07, 6.45) is 0. The summed E-state index contributed by atoms with van der Waals surface area (Å²) in [5.41, 5.74) is 2.97. The van der Waals surface area contributed by atoms with E-state index >= 15 is 0 Å². The zero-order chi connectivity index (χ0) is 23.7. The average molecular weight is 443 g/mol. The third-order valence-corrected chi connectivity index (χ3v) is 5.63. The molecule has 4 rings (SSSR count). The second-order valence-electron chi connectivity index (χ2n) is 7.68. The summed E-state index contributed by atoms with van der Waals surface area (Å²) in [5.74, 6) is -2.39. The van der Waals surface area contributed by atoms with E-state index in [1.807, 2.05) is 0 Å². The minimum absolute atomic E-state index is 0.0359. The number of aromatic carboxylic acids is 2. The van der Waals surface area contributed by atoms with Crippen LogP contribution < -0.4 is 4.74 Å². The van der Waals surface area contributed by atoms with E-state index in [2.05, 4.69) is 4.98 Å². The number of carbonyl (C=O) groups is 3. The molecule has 0 saturated carbocycles. The van der Waals surface area contributed by atoms with Crippen molar-refractivity contribution in [1.29, 1.82) is 0 Å². The van der Waals surface area contributed by atoms with Gasteiger partial charge in [-0.15, -0.1) is 0 Å². The number of H-pyrrole nitrogens is 1. The van der Waals surface area contributed by atoms with Crippen LogP contribution in [-0.4, -0.2) is 40.0 Å². The molecule has 1 heterocycles. The Balaban J connectivity index is 1.95. The molecule has 1 unspecified atom stereocenters. The van der Waals surface area contributed by atoms with Crippen LogP contribution in [0, 0.1) is 0 Å². The Morgan fingerprint density at radius 2 is 1.64 bits per heavy atom. The third-order valence-electron chi connectivity index (χ3n) is 5.63. The highest BCUT2D eigenvalue weighted by atomic mass is 16.5. The largest absolute Gasteiger partial charge is 0.497 e. The van der Waals surface area contributed by atoms with Gasteiger partial charge in [0.05, 0.1) is 18.6 Å². The average Bonchev–Trinajstić information content (AvgIpc) is 3.23. The molecule has 0 spiro atoms. The van der Waals surface area contributed by atoms with E-state index in [-0.39, 0.29) is 17.0 Å². The zero-order valence-electron chi connectivity index (χ0n) is 18.0. The number of carbonyl (C=O) groups excluding carboxylic acids is 1. The van der Waals surface area contributed by atoms with E-state index in [4.69, 9.17) is 4.74 Å². The first-order valence-corrected chi connectivity index (χ1v) is 10.2. The van der Waals surface area contributed by atoms with Crippen LogP contribution in [0.2, 0.25) is 0 Å². The number of Topliss-reactive ketones (excluding diaryl/α,β-unsaturated/α-hetero) is 1. The van der Waals surface area contributed by atoms with Crippen molar-refractivity contribution in [3.63, 3.8) is 0 Å². The van der Waals surface area contributed by atoms with Gasteiger partial charge >= 0.3 is 11.9 Å². The van der Waals surface area contributed by atoms with E-state index in [9.17, 15) is 24.6 Å². The monoisotopic (exact) mass is 443 g/mol. The number of aromatic amines is 1. The fourth-order valence-corrected chi connectivity index (χ4v) is 4.14. The van der Waals surface area contributed by atoms with Gasteiger partial charge in [0, 0.05) is 16.5 Å². The van der Waals surface area contributed by atoms with E-state index in [1.54, 1.807) is 61.7 Å². The van der Waals surface area contributed by atoms with Crippen LogP contribution in [0.5, 0.6) is 5.75 Å². The van der Waals surface area contributed by atoms with Crippen molar-refractivity contribution in [2.24, 2.45) is 0 Å². The Hall–Kier alpha value is -4.39. The molecular weight excluding hydrogens is 422 g/mol. The van der Waals surface area contributed by atoms with Crippen LogP contribution in [-0.2, 0) is 4.79 Å². The SMILES string of the molecule is COc1ccc(C(C(C)=O)c2cccc(C(=O)O)c2-c2ccc3[nH]c(C(=O)O)cc3c2)cc1. The summed E-state index contributed by atoms with van der Waals surface area (Å²) in [7, 11) is 1.55. The second-order valence-corrected chi connectivity index (χ2v) is 7.68. The number of hydrogen-bond donors (Lipinski definition) is 3. The quantitative estimate of drug-likeness (QED) is 0.372. The fraction of sp³-hybridized carbons (Fsp3) is 0.115. The van der Waals surface area contributed by atoms with Gasteiger partial charge in [0.25, 0.3) is 0 Å². The van der Waals surface area contributed by atoms with E-state index in [0.717, 1.165) is 0 Å². The lowest BCUT2D eigenvalue weighted by molar-refractivity contribution is -0.117. The summed E-state index contributed by atoms with van der Waals surface area (Å²) >= 11 is 0. The Morgan fingerprint density at radius 3 is 2.24 bits per heavy atom. The van der Waals surface area contributed by atoms with Crippen molar-refractivity contribution in [1.82, 2.24) is 4.98 Å². The topological polar surface area (TPSA) is 117 Å². The minimum atomic E-state index is -1.12. The molecule has 3 N–H and O–H groups in total. The van der Waals surface area contributed by atoms with Crippen LogP contribution in [0.4, 0.5) is 0 Å². The smallest absolute Gasteiger partial charge is 0.352 e. The molecule has 1 atom stereocenters. The van der Waals surface area contributed by atoms with Gasteiger partial charge < -0.3 is 19.9 Å². The van der Waals surface area contributed by atoms with Gasteiger partial charge in [0.15, 0.2) is 0 Å². The zero-order valence-corrected chi connectivity index (χ0v) is 18.0. The number of aromatic nitrogens is 1. The number of rotatable bonds is 7. The minimum Gasteiger partial charge on any atom is -0.497 e. The summed E-state index contributed by atoms with van der Waals surface area (Å²) in [6.45, 7) is 1.47. The number of carboxylic acid groups (broad SMARTS) is 2.